The van der Waals surface area contributed by atoms with Crippen LogP contribution in [0.15, 0.2) is 4.47 Å². The van der Waals surface area contributed by atoms with Crippen molar-refractivity contribution >= 4 is 15.9 Å². The van der Waals surface area contributed by atoms with Crippen LogP contribution in [0.25, 0.3) is 0 Å². The van der Waals surface area contributed by atoms with Crippen LogP contribution in [0, 0.1) is 5.41 Å². The van der Waals surface area contributed by atoms with E-state index in [-0.39, 0.29) is 5.41 Å². The molecule has 0 atom stereocenters. The van der Waals surface area contributed by atoms with Crippen LogP contribution in [-0.2, 0) is 19.9 Å². The van der Waals surface area contributed by atoms with Crippen molar-refractivity contribution in [2.45, 2.75) is 52.5 Å². The average molecular weight is 314 g/mol. The molecule has 0 amide bonds. The maximum Gasteiger partial charge on any atom is 0.0766 e. The Morgan fingerprint density at radius 3 is 2.61 bits per heavy atom. The van der Waals surface area contributed by atoms with Crippen molar-refractivity contribution in [3.63, 3.8) is 0 Å². The van der Waals surface area contributed by atoms with Crippen LogP contribution in [0.5, 0.6) is 0 Å². The highest BCUT2D eigenvalue weighted by atomic mass is 79.9. The van der Waals surface area contributed by atoms with E-state index >= 15 is 0 Å². The van der Waals surface area contributed by atoms with Gasteiger partial charge < -0.3 is 5.32 Å². The second kappa shape index (κ2) is 5.33. The minimum Gasteiger partial charge on any atom is -0.313 e. The number of rotatable bonds is 6. The third-order valence-electron chi connectivity index (χ3n) is 3.60. The summed E-state index contributed by atoms with van der Waals surface area (Å²) < 4.78 is 3.23. The number of nitrogens with one attached hydrogen (secondary N) is 1. The fourth-order valence-corrected chi connectivity index (χ4v) is 2.99. The molecule has 4 heteroatoms. The predicted octanol–water partition coefficient (Wildman–Crippen LogP) is 3.07. The van der Waals surface area contributed by atoms with Gasteiger partial charge in [0, 0.05) is 19.6 Å². The SMILES string of the molecule is CCc1nn(C)c(CC(C)(C)CNC2CC2)c1Br. The normalized spacial score (nSPS) is 16.3. The summed E-state index contributed by atoms with van der Waals surface area (Å²) in [5, 5.41) is 8.20. The van der Waals surface area contributed by atoms with Crippen LogP contribution < -0.4 is 5.32 Å². The smallest absolute Gasteiger partial charge is 0.0766 e. The van der Waals surface area contributed by atoms with Crippen LogP contribution in [-0.4, -0.2) is 22.4 Å². The fraction of sp³-hybridized carbons (Fsp3) is 0.786. The predicted molar refractivity (Wildman–Crippen MR) is 78.8 cm³/mol. The van der Waals surface area contributed by atoms with Crippen LogP contribution in [0.1, 0.15) is 45.0 Å². The summed E-state index contributed by atoms with van der Waals surface area (Å²) >= 11 is 3.70. The summed E-state index contributed by atoms with van der Waals surface area (Å²) in [5.74, 6) is 0. The van der Waals surface area contributed by atoms with Crippen molar-refractivity contribution in [2.75, 3.05) is 6.54 Å². The Morgan fingerprint density at radius 2 is 2.11 bits per heavy atom. The first-order valence-corrected chi connectivity index (χ1v) is 7.66. The lowest BCUT2D eigenvalue weighted by Gasteiger charge is -2.25. The zero-order valence-electron chi connectivity index (χ0n) is 11.9. The van der Waals surface area contributed by atoms with Gasteiger partial charge in [0.2, 0.25) is 0 Å². The molecule has 102 valence electrons. The molecule has 0 radical (unpaired) electrons. The molecule has 0 spiro atoms. The number of hydrogen-bond donors (Lipinski definition) is 1. The molecular formula is C14H24BrN3. The zero-order valence-corrected chi connectivity index (χ0v) is 13.5. The Labute approximate surface area is 118 Å². The Kier molecular flexibility index (Phi) is 4.17. The summed E-state index contributed by atoms with van der Waals surface area (Å²) in [5.41, 5.74) is 2.75. The first-order chi connectivity index (χ1) is 8.43. The van der Waals surface area contributed by atoms with Gasteiger partial charge in [-0.05, 0) is 47.0 Å². The van der Waals surface area contributed by atoms with Crippen LogP contribution in [0.2, 0.25) is 0 Å². The fourth-order valence-electron chi connectivity index (χ4n) is 2.24. The molecule has 0 unspecified atom stereocenters. The van der Waals surface area contributed by atoms with Gasteiger partial charge in [0.15, 0.2) is 0 Å². The number of halogens is 1. The molecule has 0 saturated heterocycles. The first-order valence-electron chi connectivity index (χ1n) is 6.86. The highest BCUT2D eigenvalue weighted by Gasteiger charge is 2.27. The van der Waals surface area contributed by atoms with Gasteiger partial charge >= 0.3 is 0 Å². The summed E-state index contributed by atoms with van der Waals surface area (Å²) in [6.07, 6.45) is 4.74. The number of nitrogens with zero attached hydrogens (tertiary/aromatic N) is 2. The highest BCUT2D eigenvalue weighted by molar-refractivity contribution is 9.10. The lowest BCUT2D eigenvalue weighted by molar-refractivity contribution is 0.328. The summed E-state index contributed by atoms with van der Waals surface area (Å²) in [6, 6.07) is 0.783. The summed E-state index contributed by atoms with van der Waals surface area (Å²) in [7, 11) is 2.05. The molecule has 1 saturated carbocycles. The molecule has 2 rings (SSSR count). The third-order valence-corrected chi connectivity index (χ3v) is 4.51. The molecule has 0 bridgehead atoms. The van der Waals surface area contributed by atoms with Crippen molar-refractivity contribution in [1.82, 2.24) is 15.1 Å². The Balaban J connectivity index is 2.04. The van der Waals surface area contributed by atoms with E-state index in [0.29, 0.717) is 0 Å². The van der Waals surface area contributed by atoms with E-state index in [1.807, 2.05) is 11.7 Å². The summed E-state index contributed by atoms with van der Waals surface area (Å²) in [4.78, 5) is 0. The summed E-state index contributed by atoms with van der Waals surface area (Å²) in [6.45, 7) is 7.88. The van der Waals surface area contributed by atoms with Crippen molar-refractivity contribution in [3.05, 3.63) is 15.9 Å². The molecule has 1 heterocycles. The highest BCUT2D eigenvalue weighted by Crippen LogP contribution is 2.29. The molecule has 1 fully saturated rings. The monoisotopic (exact) mass is 313 g/mol. The Bertz CT molecular complexity index is 419. The van der Waals surface area contributed by atoms with E-state index < -0.39 is 0 Å². The van der Waals surface area contributed by atoms with Gasteiger partial charge in [-0.3, -0.25) is 4.68 Å². The molecule has 3 nitrogen and oxygen atoms in total. The van der Waals surface area contributed by atoms with Gasteiger partial charge in [-0.25, -0.2) is 0 Å². The van der Waals surface area contributed by atoms with Gasteiger partial charge in [0.1, 0.15) is 0 Å². The van der Waals surface area contributed by atoms with E-state index in [2.05, 4.69) is 47.1 Å². The van der Waals surface area contributed by atoms with E-state index in [1.54, 1.807) is 0 Å². The minimum absolute atomic E-state index is 0.268. The van der Waals surface area contributed by atoms with Crippen molar-refractivity contribution < 1.29 is 0 Å². The standard InChI is InChI=1S/C14H24BrN3/c1-5-11-13(15)12(18(4)17-11)8-14(2,3)9-16-10-6-7-10/h10,16H,5-9H2,1-4H3. The van der Waals surface area contributed by atoms with Gasteiger partial charge in [0.05, 0.1) is 15.9 Å². The molecule has 0 aliphatic heterocycles. The van der Waals surface area contributed by atoms with Crippen molar-refractivity contribution in [2.24, 2.45) is 12.5 Å². The van der Waals surface area contributed by atoms with Crippen LogP contribution in [0.3, 0.4) is 0 Å². The Hall–Kier alpha value is -0.350. The molecule has 1 aliphatic carbocycles. The quantitative estimate of drug-likeness (QED) is 0.874. The molecule has 0 aromatic carbocycles. The molecule has 1 aliphatic rings. The Morgan fingerprint density at radius 1 is 1.44 bits per heavy atom. The van der Waals surface area contributed by atoms with Crippen molar-refractivity contribution in [3.8, 4) is 0 Å². The molecule has 1 N–H and O–H groups in total. The lowest BCUT2D eigenvalue weighted by atomic mass is 9.87. The molecule has 1 aromatic heterocycles. The average Bonchev–Trinajstić information content (AvgIpc) is 3.09. The number of aromatic nitrogens is 2. The van der Waals surface area contributed by atoms with E-state index in [4.69, 9.17) is 0 Å². The second-order valence-corrected chi connectivity index (χ2v) is 6.97. The third kappa shape index (κ3) is 3.35. The van der Waals surface area contributed by atoms with Crippen LogP contribution >= 0.6 is 15.9 Å². The van der Waals surface area contributed by atoms with Crippen LogP contribution in [0.4, 0.5) is 0 Å². The lowest BCUT2D eigenvalue weighted by Crippen LogP contribution is -2.33. The maximum atomic E-state index is 4.57. The molecule has 1 aromatic rings. The minimum atomic E-state index is 0.268. The molecule has 18 heavy (non-hydrogen) atoms. The zero-order chi connectivity index (χ0) is 13.3. The second-order valence-electron chi connectivity index (χ2n) is 6.18. The van der Waals surface area contributed by atoms with E-state index in [1.165, 1.54) is 28.7 Å². The first kappa shape index (κ1) is 14.1. The van der Waals surface area contributed by atoms with Crippen molar-refractivity contribution in [1.29, 1.82) is 0 Å². The largest absolute Gasteiger partial charge is 0.313 e. The van der Waals surface area contributed by atoms with Gasteiger partial charge in [-0.15, -0.1) is 0 Å². The van der Waals surface area contributed by atoms with Gasteiger partial charge in [-0.1, -0.05) is 20.8 Å². The van der Waals surface area contributed by atoms with Gasteiger partial charge in [-0.2, -0.15) is 5.10 Å². The maximum absolute atomic E-state index is 4.57. The van der Waals surface area contributed by atoms with E-state index in [0.717, 1.165) is 25.4 Å². The van der Waals surface area contributed by atoms with E-state index in [9.17, 15) is 0 Å². The number of aryl methyl sites for hydroxylation is 2. The topological polar surface area (TPSA) is 29.9 Å². The molecular weight excluding hydrogens is 290 g/mol. The van der Waals surface area contributed by atoms with Gasteiger partial charge in [0.25, 0.3) is 0 Å². The number of hydrogen-bond acceptors (Lipinski definition) is 2.